The Kier molecular flexibility index (Phi) is 29.3. The number of imidazole rings is 3. The molecule has 694 valence electrons. The number of fused-ring (bicyclic) bond motifs is 3. The van der Waals surface area contributed by atoms with Gasteiger partial charge in [-0.15, -0.1) is 0 Å². The lowest BCUT2D eigenvalue weighted by Gasteiger charge is -2.40. The second kappa shape index (κ2) is 38.7. The number of nitrogens with zero attached hydrogens (tertiary/aromatic N) is 10. The van der Waals surface area contributed by atoms with E-state index >= 15 is 0 Å². The first-order chi connectivity index (χ1) is 60.6. The maximum atomic E-state index is 14.7. The molecule has 6 fully saturated rings. The van der Waals surface area contributed by atoms with Crippen LogP contribution in [0.3, 0.4) is 0 Å². The van der Waals surface area contributed by atoms with Crippen LogP contribution >= 0.6 is 58.3 Å². The minimum absolute atomic E-state index is 0.0212. The van der Waals surface area contributed by atoms with Gasteiger partial charge in [-0.05, 0) is 103 Å². The van der Waals surface area contributed by atoms with Gasteiger partial charge in [0.15, 0.2) is 50.1 Å². The van der Waals surface area contributed by atoms with Crippen molar-refractivity contribution in [3.05, 3.63) is 225 Å². The van der Waals surface area contributed by atoms with Crippen LogP contribution in [0.5, 0.6) is 5.75 Å². The number of aromatic amines is 3. The zero-order chi connectivity index (χ0) is 93.7. The largest absolute Gasteiger partial charge is 0.530 e. The standard InChI is InChI=1S/C27H36ClFN5O6PSi.C21H22ClFN5O6P.C18H29N5O3Si.C15H12ClFNO6P/c1-15-17(13-38-41(36)37-11-10-20(39-41)16-8-7-9-18(28)22(16)29)21(40-42(5,6)27(2,3)4)12-19(15)34-14-31-23-24(34)32-26(30)33-25(23)35;1-10-12(15(29)7-14(10)28-9-25-18-19(28)26-21(24)27-20(18)30)8-33-35(31)32-6-5-16(34-35)11-3-2-4-13(22)17(11)23;1-10-11(8-24)13(26-27(5,6)18(2,3)4)7-12(10)23-9-20-14-15(23)21-17(19)22-16(14)25;16-13-3-1-2-12(15(13)17)14-8-9-22-25(21,24-14)23-11-6-4-10(5-7-11)18(19)20/h7-9,14,17,19-21H,1,10-13H2,2-6H3,(H3,30,32,33,35);2-4,9,12,14-16,29H,1,5-8H2,(H3,24,26,27,30);9,11-13,24H,1,7-8H2,2-6H3,(H3,19,21,22,25);1-7,14H,8-9H2/t17-,19-,20+,21-,41-;12-,14-,15-,16+,35-;11-,12-,13-;14-,25?/m0001/s1. The van der Waals surface area contributed by atoms with Gasteiger partial charge < -0.3 is 54.5 Å². The number of non-ortho nitro benzene ring substituents is 1. The molecule has 9 heterocycles. The number of phosphoric ester groups is 3. The van der Waals surface area contributed by atoms with Crippen molar-refractivity contribution < 1.29 is 91.6 Å². The second-order valence-corrected chi connectivity index (χ2v) is 50.1. The Balaban J connectivity index is 0.000000150. The summed E-state index contributed by atoms with van der Waals surface area (Å²) < 4.78 is 150. The number of aliphatic hydroxyl groups is 2. The average Bonchev–Trinajstić information content (AvgIpc) is 1.61. The molecule has 0 spiro atoms. The molecule has 16 rings (SSSR count). The zero-order valence-electron chi connectivity index (χ0n) is 71.7. The number of anilines is 3. The van der Waals surface area contributed by atoms with Crippen LogP contribution in [0, 0.1) is 45.3 Å². The van der Waals surface area contributed by atoms with Gasteiger partial charge in [0, 0.05) is 65.8 Å². The second-order valence-electron chi connectivity index (χ2n) is 34.6. The average molecular weight is 1950 g/mol. The number of hydrogen-bond donors (Lipinski definition) is 8. The highest BCUT2D eigenvalue weighted by molar-refractivity contribution is 7.49. The maximum Gasteiger partial charge on any atom is 0.530 e. The Morgan fingerprint density at radius 2 is 0.876 bits per heavy atom. The molecule has 48 heteroatoms. The van der Waals surface area contributed by atoms with Crippen molar-refractivity contribution in [3.63, 3.8) is 0 Å². The summed E-state index contributed by atoms with van der Waals surface area (Å²) in [6, 6.07) is 17.4. The van der Waals surface area contributed by atoms with Gasteiger partial charge in [-0.2, -0.15) is 15.0 Å². The molecule has 4 aromatic carbocycles. The van der Waals surface area contributed by atoms with Gasteiger partial charge in [0.25, 0.3) is 22.4 Å². The lowest BCUT2D eigenvalue weighted by Crippen LogP contribution is -2.45. The normalized spacial score (nSPS) is 26.3. The number of nitro benzene ring substituents is 1. The summed E-state index contributed by atoms with van der Waals surface area (Å²) in [7, 11) is -16.4. The smallest absolute Gasteiger partial charge is 0.413 e. The van der Waals surface area contributed by atoms with E-state index in [9.17, 15) is 61.6 Å². The summed E-state index contributed by atoms with van der Waals surface area (Å²) in [5, 5.41) is 31.1. The SMILES string of the molecule is C=C1[C@H](CO)[C@@H](O[Si](C)(C)C(C)(C)C)C[C@@H]1n1cnc2c(=O)[nH]c(N)nc21.C=C1[C@H](CO[P@]2(=O)OCC[C@H](c3cccc(Cl)c3F)O2)[C@@H](O)C[C@@H]1n1cnc2c(=O)[nH]c(N)nc21.C=C1[C@H](CO[P@]2(=O)OCC[C@H](c3cccc(Cl)c3F)O2)[C@@H](O[Si](C)(C)C(C)(C)C)C[C@@H]1n1cnc2c(=O)[nH]c(N)nc21.O=[N+]([O-])c1ccc(OP2(=O)OCC[C@H](c3cccc(Cl)c3F)O2)cc1. The molecule has 3 aliphatic carbocycles. The van der Waals surface area contributed by atoms with Crippen LogP contribution in [0.2, 0.25) is 51.3 Å². The summed E-state index contributed by atoms with van der Waals surface area (Å²) in [6.07, 6.45) is 2.76. The van der Waals surface area contributed by atoms with Gasteiger partial charge in [-0.3, -0.25) is 75.6 Å². The predicted octanol–water partition coefficient (Wildman–Crippen LogP) is 16.8. The van der Waals surface area contributed by atoms with E-state index in [0.717, 1.165) is 11.1 Å². The number of benzene rings is 4. The molecule has 6 aliphatic rings. The lowest BCUT2D eigenvalue weighted by molar-refractivity contribution is -0.384. The van der Waals surface area contributed by atoms with Crippen molar-refractivity contribution in [1.29, 1.82) is 0 Å². The molecule has 129 heavy (non-hydrogen) atoms. The van der Waals surface area contributed by atoms with Crippen LogP contribution in [0.25, 0.3) is 33.5 Å². The Labute approximate surface area is 753 Å². The van der Waals surface area contributed by atoms with Gasteiger partial charge in [0.2, 0.25) is 17.8 Å². The summed E-state index contributed by atoms with van der Waals surface area (Å²) >= 11 is 17.6. The van der Waals surface area contributed by atoms with Crippen LogP contribution < -0.4 is 38.4 Å². The first-order valence-electron chi connectivity index (χ1n) is 40.8. The van der Waals surface area contributed by atoms with Crippen molar-refractivity contribution in [2.24, 2.45) is 17.8 Å². The van der Waals surface area contributed by atoms with Crippen LogP contribution in [0.15, 0.2) is 149 Å². The number of aromatic nitrogens is 12. The van der Waals surface area contributed by atoms with E-state index in [-0.39, 0.29) is 194 Å². The molecule has 3 aliphatic heterocycles. The number of nitro groups is 1. The van der Waals surface area contributed by atoms with E-state index in [1.54, 1.807) is 33.7 Å². The Bertz CT molecular complexity index is 6280. The Morgan fingerprint density at radius 1 is 0.543 bits per heavy atom. The van der Waals surface area contributed by atoms with Crippen molar-refractivity contribution >= 4 is 132 Å². The third kappa shape index (κ3) is 21.3. The number of H-pyrrole nitrogens is 3. The quantitative estimate of drug-likeness (QED) is 0.0115. The third-order valence-corrected chi connectivity index (χ3v) is 38.5. The number of rotatable bonds is 20. The minimum Gasteiger partial charge on any atom is -0.413 e. The Morgan fingerprint density at radius 3 is 1.24 bits per heavy atom. The summed E-state index contributed by atoms with van der Waals surface area (Å²) in [6.45, 7) is 34.1. The molecule has 11 N–H and O–H groups in total. The summed E-state index contributed by atoms with van der Waals surface area (Å²) in [5.74, 6) is -3.12. The molecule has 1 unspecified atom stereocenters. The van der Waals surface area contributed by atoms with Gasteiger partial charge in [0.1, 0.15) is 29.3 Å². The maximum absolute atomic E-state index is 14.7. The molecule has 0 amide bonds. The summed E-state index contributed by atoms with van der Waals surface area (Å²) in [5.41, 5.74) is 19.9. The third-order valence-electron chi connectivity index (χ3n) is 24.2. The highest BCUT2D eigenvalue weighted by Crippen LogP contribution is 2.62. The lowest BCUT2D eigenvalue weighted by atomic mass is 10.0. The highest BCUT2D eigenvalue weighted by Gasteiger charge is 2.51. The van der Waals surface area contributed by atoms with Crippen molar-refractivity contribution in [3.8, 4) is 5.75 Å². The van der Waals surface area contributed by atoms with Crippen molar-refractivity contribution in [2.75, 3.05) is 56.8 Å². The molecule has 3 saturated heterocycles. The van der Waals surface area contributed by atoms with Crippen molar-refractivity contribution in [1.82, 2.24) is 58.6 Å². The van der Waals surface area contributed by atoms with Gasteiger partial charge in [-0.25, -0.2) is 41.8 Å². The molecule has 10 aromatic rings. The Hall–Kier alpha value is -8.95. The molecule has 6 aromatic heterocycles. The van der Waals surface area contributed by atoms with E-state index < -0.39 is 116 Å². The fraction of sp³-hybridized carbons (Fsp3) is 0.444. The number of phosphoric acid groups is 3. The number of nitrogen functional groups attached to an aromatic ring is 3. The minimum atomic E-state index is -4.08. The van der Waals surface area contributed by atoms with Gasteiger partial charge in [0.05, 0.1) is 127 Å². The predicted molar refractivity (Wildman–Crippen MR) is 480 cm³/mol. The van der Waals surface area contributed by atoms with E-state index in [1.165, 1.54) is 73.3 Å². The molecule has 37 nitrogen and oxygen atoms in total. The summed E-state index contributed by atoms with van der Waals surface area (Å²) in [4.78, 5) is 79.2. The first kappa shape index (κ1) is 97.6. The monoisotopic (exact) mass is 1940 g/mol. The fourth-order valence-electron chi connectivity index (χ4n) is 15.3. The van der Waals surface area contributed by atoms with Gasteiger partial charge >= 0.3 is 23.5 Å². The van der Waals surface area contributed by atoms with Crippen LogP contribution in [0.4, 0.5) is 36.7 Å². The first-order valence-corrected chi connectivity index (χ1v) is 52.2. The number of hydrogen-bond acceptors (Lipinski definition) is 30. The van der Waals surface area contributed by atoms with Gasteiger partial charge in [-0.1, -0.05) is 132 Å². The molecule has 0 bridgehead atoms. The van der Waals surface area contributed by atoms with E-state index in [0.29, 0.717) is 29.7 Å². The number of nitrogens with two attached hydrogens (primary N) is 3. The number of aliphatic hydroxyl groups excluding tert-OH is 2. The molecule has 0 radical (unpaired) electrons. The molecular formula is C81H99Cl3F3N16O21P3Si2. The number of halogens is 6. The topological polar surface area (TPSA) is 505 Å². The highest BCUT2D eigenvalue weighted by atomic mass is 35.5. The van der Waals surface area contributed by atoms with E-state index in [2.05, 4.69) is 132 Å². The van der Waals surface area contributed by atoms with E-state index in [4.69, 9.17) is 102 Å². The van der Waals surface area contributed by atoms with Crippen molar-refractivity contribution in [2.45, 2.75) is 171 Å². The van der Waals surface area contributed by atoms with Crippen LogP contribution in [-0.2, 0) is 58.7 Å². The molecule has 15 atom stereocenters. The van der Waals surface area contributed by atoms with E-state index in [1.807, 2.05) is 4.57 Å². The number of nitrogens with one attached hydrogen (secondary N) is 3. The van der Waals surface area contributed by atoms with Crippen LogP contribution in [-0.4, -0.2) is 148 Å². The zero-order valence-corrected chi connectivity index (χ0v) is 78.7. The molecular weight excluding hydrogens is 1850 g/mol. The molecule has 3 saturated carbocycles. The van der Waals surface area contributed by atoms with Crippen LogP contribution in [0.1, 0.15) is 133 Å². The fourth-order valence-corrected chi connectivity index (χ4v) is 22.8.